The molecule has 3 N–H and O–H groups in total. The van der Waals surface area contributed by atoms with Gasteiger partial charge in [0, 0.05) is 6.42 Å². The molecule has 10 nitrogen and oxygen atoms in total. The van der Waals surface area contributed by atoms with Crippen LogP contribution in [-0.4, -0.2) is 54.4 Å². The first-order valence-corrected chi connectivity index (χ1v) is 16.8. The van der Waals surface area contributed by atoms with E-state index in [0.717, 1.165) is 29.3 Å². The molecule has 0 aliphatic heterocycles. The molecule has 52 heavy (non-hydrogen) atoms. The number of ketones is 1. The van der Waals surface area contributed by atoms with Crippen molar-refractivity contribution in [2.75, 3.05) is 6.61 Å². The lowest BCUT2D eigenvalue weighted by Gasteiger charge is -2.26. The highest BCUT2D eigenvalue weighted by molar-refractivity contribution is 5.96. The molecule has 0 saturated heterocycles. The van der Waals surface area contributed by atoms with Gasteiger partial charge in [-0.15, -0.1) is 0 Å². The molecule has 4 aromatic rings. The van der Waals surface area contributed by atoms with Gasteiger partial charge in [-0.05, 0) is 47.6 Å². The van der Waals surface area contributed by atoms with Gasteiger partial charge in [0.2, 0.25) is 11.8 Å². The molecule has 12 heteroatoms. The number of esters is 1. The van der Waals surface area contributed by atoms with Crippen LogP contribution < -0.4 is 16.0 Å². The Morgan fingerprint density at radius 1 is 0.577 bits per heavy atom. The summed E-state index contributed by atoms with van der Waals surface area (Å²) in [6.45, 7) is 2.79. The van der Waals surface area contributed by atoms with Gasteiger partial charge in [0.05, 0.1) is 6.04 Å². The van der Waals surface area contributed by atoms with Crippen LogP contribution in [0.3, 0.4) is 0 Å². The number of benzene rings is 4. The van der Waals surface area contributed by atoms with Crippen molar-refractivity contribution in [1.82, 2.24) is 16.0 Å². The third-order valence-electron chi connectivity index (χ3n) is 7.94. The molecular weight excluding hydrogens is 672 g/mol. The van der Waals surface area contributed by atoms with Crippen LogP contribution in [0.2, 0.25) is 0 Å². The van der Waals surface area contributed by atoms with Gasteiger partial charge in [-0.25, -0.2) is 18.4 Å². The highest BCUT2D eigenvalue weighted by atomic mass is 19.1. The van der Waals surface area contributed by atoms with Crippen LogP contribution in [0, 0.1) is 17.6 Å². The number of nitrogens with one attached hydrogen (secondary N) is 3. The molecule has 0 aliphatic carbocycles. The van der Waals surface area contributed by atoms with Crippen molar-refractivity contribution < 1.29 is 42.2 Å². The van der Waals surface area contributed by atoms with E-state index in [2.05, 4.69) is 16.0 Å². The Hall–Kier alpha value is -5.91. The summed E-state index contributed by atoms with van der Waals surface area (Å²) in [4.78, 5) is 66.4. The van der Waals surface area contributed by atoms with E-state index in [0.29, 0.717) is 5.56 Å². The van der Waals surface area contributed by atoms with E-state index in [9.17, 15) is 32.8 Å². The fourth-order valence-corrected chi connectivity index (χ4v) is 5.31. The Morgan fingerprint density at radius 3 is 1.60 bits per heavy atom. The average molecular weight is 714 g/mol. The van der Waals surface area contributed by atoms with Crippen LogP contribution in [0.25, 0.3) is 0 Å². The summed E-state index contributed by atoms with van der Waals surface area (Å²) in [5.74, 6) is -5.88. The third kappa shape index (κ3) is 12.1. The number of ether oxygens (including phenoxy) is 2. The topological polar surface area (TPSA) is 140 Å². The molecule has 0 radical (unpaired) electrons. The summed E-state index contributed by atoms with van der Waals surface area (Å²) in [6.07, 6.45) is -0.582. The SMILES string of the molecule is CC(C)CC(NC(=O)[C@@H](Cc1ccccc1)NC(=O)OCc1ccccc1)C(=O)NC(Cc1ccccc1)C(=O)COC(=O)c1c(F)cccc1F. The van der Waals surface area contributed by atoms with E-state index in [1.807, 2.05) is 26.0 Å². The molecule has 2 unspecified atom stereocenters. The van der Waals surface area contributed by atoms with Crippen molar-refractivity contribution in [3.8, 4) is 0 Å². The molecule has 3 atom stereocenters. The van der Waals surface area contributed by atoms with Crippen molar-refractivity contribution in [3.63, 3.8) is 0 Å². The van der Waals surface area contributed by atoms with E-state index in [-0.39, 0.29) is 31.8 Å². The number of amides is 3. The van der Waals surface area contributed by atoms with E-state index in [1.165, 1.54) is 0 Å². The first-order valence-electron chi connectivity index (χ1n) is 16.8. The van der Waals surface area contributed by atoms with E-state index in [1.54, 1.807) is 78.9 Å². The van der Waals surface area contributed by atoms with Crippen LogP contribution in [0.1, 0.15) is 47.3 Å². The minimum atomic E-state index is -1.38. The molecule has 0 spiro atoms. The number of Topliss-reactive ketones (excluding diaryl/α,β-unsaturated/α-hetero) is 1. The number of carbonyl (C=O) groups excluding carboxylic acids is 5. The maximum absolute atomic E-state index is 14.2. The van der Waals surface area contributed by atoms with Gasteiger partial charge in [0.15, 0.2) is 12.4 Å². The van der Waals surface area contributed by atoms with Gasteiger partial charge >= 0.3 is 12.1 Å². The Balaban J connectivity index is 1.49. The first-order chi connectivity index (χ1) is 25.0. The largest absolute Gasteiger partial charge is 0.454 e. The molecule has 0 saturated carbocycles. The molecule has 0 heterocycles. The molecular formula is C40H41F2N3O7. The van der Waals surface area contributed by atoms with Crippen molar-refractivity contribution in [2.45, 2.75) is 57.8 Å². The average Bonchev–Trinajstić information content (AvgIpc) is 3.13. The summed E-state index contributed by atoms with van der Waals surface area (Å²) in [5, 5.41) is 8.03. The fraction of sp³-hybridized carbons (Fsp3) is 0.275. The van der Waals surface area contributed by atoms with Crippen LogP contribution >= 0.6 is 0 Å². The lowest BCUT2D eigenvalue weighted by Crippen LogP contribution is -2.57. The third-order valence-corrected chi connectivity index (χ3v) is 7.94. The maximum Gasteiger partial charge on any atom is 0.408 e. The number of rotatable bonds is 17. The van der Waals surface area contributed by atoms with Crippen LogP contribution in [-0.2, 0) is 43.3 Å². The Bertz CT molecular complexity index is 1790. The predicted molar refractivity (Wildman–Crippen MR) is 189 cm³/mol. The standard InChI is InChI=1S/C40H41F2N3O7/c1-26(2)21-33(44-38(48)34(23-28-15-8-4-9-16-28)45-40(50)52-24-29-17-10-5-11-18-29)37(47)43-32(22-27-13-6-3-7-14-27)35(46)25-51-39(49)36-30(41)19-12-20-31(36)42/h3-20,26,32-34H,21-25H2,1-2H3,(H,43,47)(H,44,48)(H,45,50)/t32?,33?,34-/m1/s1. The second kappa shape index (κ2) is 19.5. The zero-order chi connectivity index (χ0) is 37.5. The van der Waals surface area contributed by atoms with Crippen molar-refractivity contribution in [3.05, 3.63) is 143 Å². The summed E-state index contributed by atoms with van der Waals surface area (Å²) in [6, 6.07) is 26.1. The number of alkyl carbamates (subject to hydrolysis) is 1. The Kier molecular flexibility index (Phi) is 14.6. The Labute approximate surface area is 300 Å². The molecule has 0 bridgehead atoms. The summed E-state index contributed by atoms with van der Waals surface area (Å²) < 4.78 is 38.6. The fourth-order valence-electron chi connectivity index (χ4n) is 5.31. The second-order valence-corrected chi connectivity index (χ2v) is 12.5. The summed E-state index contributed by atoms with van der Waals surface area (Å²) in [5.41, 5.74) is 1.22. The first kappa shape index (κ1) is 38.9. The van der Waals surface area contributed by atoms with Crippen LogP contribution in [0.5, 0.6) is 0 Å². The highest BCUT2D eigenvalue weighted by Crippen LogP contribution is 2.15. The highest BCUT2D eigenvalue weighted by Gasteiger charge is 2.31. The lowest BCUT2D eigenvalue weighted by molar-refractivity contribution is -0.133. The van der Waals surface area contributed by atoms with Crippen LogP contribution in [0.15, 0.2) is 109 Å². The second-order valence-electron chi connectivity index (χ2n) is 12.5. The molecule has 272 valence electrons. The van der Waals surface area contributed by atoms with Crippen molar-refractivity contribution in [1.29, 1.82) is 0 Å². The van der Waals surface area contributed by atoms with Gasteiger partial charge in [0.1, 0.15) is 35.9 Å². The minimum Gasteiger partial charge on any atom is -0.454 e. The summed E-state index contributed by atoms with van der Waals surface area (Å²) in [7, 11) is 0. The number of hydrogen-bond donors (Lipinski definition) is 3. The zero-order valence-corrected chi connectivity index (χ0v) is 28.9. The number of carbonyl (C=O) groups is 5. The van der Waals surface area contributed by atoms with Crippen molar-refractivity contribution in [2.24, 2.45) is 5.92 Å². The molecule has 0 fully saturated rings. The van der Waals surface area contributed by atoms with Gasteiger partial charge in [-0.3, -0.25) is 14.4 Å². The van der Waals surface area contributed by atoms with Gasteiger partial charge in [-0.1, -0.05) is 111 Å². The number of hydrogen-bond acceptors (Lipinski definition) is 7. The molecule has 4 aromatic carbocycles. The molecule has 3 amide bonds. The predicted octanol–water partition coefficient (Wildman–Crippen LogP) is 5.49. The van der Waals surface area contributed by atoms with Crippen LogP contribution in [0.4, 0.5) is 13.6 Å². The monoisotopic (exact) mass is 713 g/mol. The Morgan fingerprint density at radius 2 is 1.06 bits per heavy atom. The van der Waals surface area contributed by atoms with Gasteiger partial charge in [-0.2, -0.15) is 0 Å². The molecule has 0 aliphatic rings. The maximum atomic E-state index is 14.2. The summed E-state index contributed by atoms with van der Waals surface area (Å²) >= 11 is 0. The molecule has 4 rings (SSSR count). The lowest BCUT2D eigenvalue weighted by atomic mass is 9.99. The minimum absolute atomic E-state index is 0.00912. The number of halogens is 2. The van der Waals surface area contributed by atoms with Gasteiger partial charge < -0.3 is 25.4 Å². The quantitative estimate of drug-likeness (QED) is 0.123. The van der Waals surface area contributed by atoms with E-state index in [4.69, 9.17) is 9.47 Å². The van der Waals surface area contributed by atoms with Gasteiger partial charge in [0.25, 0.3) is 0 Å². The van der Waals surface area contributed by atoms with Crippen molar-refractivity contribution >= 4 is 29.7 Å². The normalized spacial score (nSPS) is 12.6. The molecule has 0 aromatic heterocycles. The zero-order valence-electron chi connectivity index (χ0n) is 28.9. The van der Waals surface area contributed by atoms with E-state index >= 15 is 0 Å². The smallest absolute Gasteiger partial charge is 0.408 e. The van der Waals surface area contributed by atoms with E-state index < -0.39 is 71.6 Å².